The largest absolute Gasteiger partial charge is 0.331 e. The molecule has 2 aromatic carbocycles. The number of thiocarbonyl (C=S) groups is 1. The van der Waals surface area contributed by atoms with E-state index in [1.54, 1.807) is 31.3 Å². The van der Waals surface area contributed by atoms with Gasteiger partial charge in [0.1, 0.15) is 0 Å². The minimum atomic E-state index is -0.372. The fourth-order valence-corrected chi connectivity index (χ4v) is 2.81. The Bertz CT molecular complexity index is 828. The van der Waals surface area contributed by atoms with Crippen LogP contribution in [0.5, 0.6) is 0 Å². The molecule has 0 saturated carbocycles. The second kappa shape index (κ2) is 6.05. The van der Waals surface area contributed by atoms with E-state index in [9.17, 15) is 9.59 Å². The predicted octanol–water partition coefficient (Wildman–Crippen LogP) is 3.14. The Morgan fingerprint density at radius 1 is 1.00 bits per heavy atom. The monoisotopic (exact) mass is 339 g/mol. The van der Waals surface area contributed by atoms with E-state index in [0.29, 0.717) is 11.1 Å². The first-order valence-corrected chi connectivity index (χ1v) is 7.91. The molecule has 6 heteroatoms. The Kier molecular flexibility index (Phi) is 4.07. The highest BCUT2D eigenvalue weighted by molar-refractivity contribution is 7.80. The van der Waals surface area contributed by atoms with Crippen molar-refractivity contribution in [2.75, 3.05) is 12.4 Å². The third-order valence-electron chi connectivity index (χ3n) is 4.21. The van der Waals surface area contributed by atoms with Crippen molar-refractivity contribution in [1.82, 2.24) is 10.0 Å². The molecule has 0 aromatic heterocycles. The molecule has 0 saturated heterocycles. The highest BCUT2D eigenvalue weighted by Crippen LogP contribution is 2.24. The molecule has 0 spiro atoms. The molecule has 1 aliphatic heterocycles. The van der Waals surface area contributed by atoms with E-state index in [-0.39, 0.29) is 16.9 Å². The molecule has 1 heterocycles. The molecule has 24 heavy (non-hydrogen) atoms. The number of hydrogen-bond donors (Lipinski definition) is 1. The number of hydrazine groups is 1. The van der Waals surface area contributed by atoms with Crippen molar-refractivity contribution in [3.63, 3.8) is 0 Å². The van der Waals surface area contributed by atoms with Crippen LogP contribution in [0.2, 0.25) is 0 Å². The van der Waals surface area contributed by atoms with E-state index in [1.165, 1.54) is 5.01 Å². The SMILES string of the molecule is Cc1cccc(NC(=S)N(C)N2C(=O)c3ccccc3C2=O)c1C. The molecule has 2 amide bonds. The number of anilines is 1. The third-order valence-corrected chi connectivity index (χ3v) is 4.58. The fraction of sp³-hybridized carbons (Fsp3) is 0.167. The van der Waals surface area contributed by atoms with Crippen LogP contribution in [0.25, 0.3) is 0 Å². The Morgan fingerprint density at radius 3 is 2.17 bits per heavy atom. The molecule has 0 unspecified atom stereocenters. The zero-order chi connectivity index (χ0) is 17.4. The summed E-state index contributed by atoms with van der Waals surface area (Å²) in [4.78, 5) is 25.0. The van der Waals surface area contributed by atoms with Gasteiger partial charge in [-0.05, 0) is 55.4 Å². The van der Waals surface area contributed by atoms with E-state index >= 15 is 0 Å². The summed E-state index contributed by atoms with van der Waals surface area (Å²) in [6, 6.07) is 12.6. The number of benzene rings is 2. The van der Waals surface area contributed by atoms with Crippen LogP contribution >= 0.6 is 12.2 Å². The summed E-state index contributed by atoms with van der Waals surface area (Å²) in [6.45, 7) is 4.00. The molecule has 0 aliphatic carbocycles. The van der Waals surface area contributed by atoms with Gasteiger partial charge in [0.05, 0.1) is 11.1 Å². The van der Waals surface area contributed by atoms with Gasteiger partial charge in [-0.25, -0.2) is 0 Å². The van der Waals surface area contributed by atoms with E-state index in [0.717, 1.165) is 21.8 Å². The van der Waals surface area contributed by atoms with Crippen LogP contribution in [0, 0.1) is 13.8 Å². The van der Waals surface area contributed by atoms with Crippen molar-refractivity contribution in [3.8, 4) is 0 Å². The Labute approximate surface area is 145 Å². The summed E-state index contributed by atoms with van der Waals surface area (Å²) in [5.74, 6) is -0.744. The van der Waals surface area contributed by atoms with Crippen LogP contribution in [0.3, 0.4) is 0 Å². The van der Waals surface area contributed by atoms with Crippen molar-refractivity contribution >= 4 is 34.8 Å². The van der Waals surface area contributed by atoms with Gasteiger partial charge in [-0.3, -0.25) is 14.6 Å². The number of carbonyl (C=O) groups is 2. The lowest BCUT2D eigenvalue weighted by atomic mass is 10.1. The van der Waals surface area contributed by atoms with Gasteiger partial charge in [0.2, 0.25) is 0 Å². The summed E-state index contributed by atoms with van der Waals surface area (Å²) in [5, 5.41) is 5.82. The predicted molar refractivity (Wildman–Crippen MR) is 96.8 cm³/mol. The smallest absolute Gasteiger partial charge is 0.280 e. The molecule has 122 valence electrons. The van der Waals surface area contributed by atoms with Gasteiger partial charge < -0.3 is 5.32 Å². The first-order valence-electron chi connectivity index (χ1n) is 7.50. The average molecular weight is 339 g/mol. The number of imide groups is 1. The van der Waals surface area contributed by atoms with Crippen molar-refractivity contribution < 1.29 is 9.59 Å². The number of aryl methyl sites for hydroxylation is 1. The number of hydrogen-bond acceptors (Lipinski definition) is 3. The fourth-order valence-electron chi connectivity index (χ4n) is 2.62. The number of carbonyl (C=O) groups excluding carboxylic acids is 2. The van der Waals surface area contributed by atoms with Crippen LogP contribution in [-0.2, 0) is 0 Å². The van der Waals surface area contributed by atoms with Crippen LogP contribution in [-0.4, -0.2) is 34.0 Å². The minimum absolute atomic E-state index is 0.276. The third kappa shape index (κ3) is 2.55. The maximum absolute atomic E-state index is 12.5. The van der Waals surface area contributed by atoms with Gasteiger partial charge in [-0.1, -0.05) is 24.3 Å². The normalized spacial score (nSPS) is 13.0. The van der Waals surface area contributed by atoms with Crippen molar-refractivity contribution in [3.05, 3.63) is 64.7 Å². The number of amides is 2. The molecule has 0 radical (unpaired) electrons. The molecule has 5 nitrogen and oxygen atoms in total. The van der Waals surface area contributed by atoms with Crippen molar-refractivity contribution in [1.29, 1.82) is 0 Å². The molecule has 0 atom stereocenters. The molecule has 3 rings (SSSR count). The zero-order valence-corrected chi connectivity index (χ0v) is 14.5. The summed E-state index contributed by atoms with van der Waals surface area (Å²) in [5.41, 5.74) is 3.83. The van der Waals surface area contributed by atoms with Gasteiger partial charge in [0, 0.05) is 12.7 Å². The second-order valence-electron chi connectivity index (χ2n) is 5.67. The van der Waals surface area contributed by atoms with Gasteiger partial charge in [-0.2, -0.15) is 5.01 Å². The molecule has 2 aromatic rings. The number of nitrogens with zero attached hydrogens (tertiary/aromatic N) is 2. The maximum Gasteiger partial charge on any atom is 0.280 e. The highest BCUT2D eigenvalue weighted by atomic mass is 32.1. The number of fused-ring (bicyclic) bond motifs is 1. The zero-order valence-electron chi connectivity index (χ0n) is 13.7. The number of rotatable bonds is 2. The van der Waals surface area contributed by atoms with Crippen LogP contribution < -0.4 is 5.32 Å². The quantitative estimate of drug-likeness (QED) is 0.673. The summed E-state index contributed by atoms with van der Waals surface area (Å²) >= 11 is 5.38. The molecule has 0 bridgehead atoms. The lowest BCUT2D eigenvalue weighted by molar-refractivity contribution is 0.0366. The molecular formula is C18H17N3O2S. The first kappa shape index (κ1) is 16.1. The van der Waals surface area contributed by atoms with Crippen LogP contribution in [0.1, 0.15) is 31.8 Å². The van der Waals surface area contributed by atoms with Gasteiger partial charge in [0.15, 0.2) is 5.11 Å². The molecule has 0 fully saturated rings. The topological polar surface area (TPSA) is 52.6 Å². The average Bonchev–Trinajstić information content (AvgIpc) is 2.83. The van der Waals surface area contributed by atoms with E-state index in [2.05, 4.69) is 5.32 Å². The standard InChI is InChI=1S/C18H17N3O2S/c1-11-7-6-10-15(12(11)2)19-18(24)20(3)21-16(22)13-8-4-5-9-14(13)17(21)23/h4-10H,1-3H3,(H,19,24). The van der Waals surface area contributed by atoms with Crippen molar-refractivity contribution in [2.45, 2.75) is 13.8 Å². The Balaban J connectivity index is 1.83. The first-order chi connectivity index (χ1) is 11.4. The summed E-state index contributed by atoms with van der Waals surface area (Å²) in [6.07, 6.45) is 0. The minimum Gasteiger partial charge on any atom is -0.331 e. The lowest BCUT2D eigenvalue weighted by Gasteiger charge is -2.28. The molecular weight excluding hydrogens is 322 g/mol. The van der Waals surface area contributed by atoms with Crippen molar-refractivity contribution in [2.24, 2.45) is 0 Å². The highest BCUT2D eigenvalue weighted by Gasteiger charge is 2.38. The Hall–Kier alpha value is -2.73. The van der Waals surface area contributed by atoms with Crippen LogP contribution in [0.4, 0.5) is 5.69 Å². The van der Waals surface area contributed by atoms with Crippen LogP contribution in [0.15, 0.2) is 42.5 Å². The second-order valence-corrected chi connectivity index (χ2v) is 6.06. The van der Waals surface area contributed by atoms with Gasteiger partial charge >= 0.3 is 0 Å². The molecule has 1 aliphatic rings. The number of nitrogens with one attached hydrogen (secondary N) is 1. The van der Waals surface area contributed by atoms with E-state index in [4.69, 9.17) is 12.2 Å². The van der Waals surface area contributed by atoms with E-state index in [1.807, 2.05) is 32.0 Å². The summed E-state index contributed by atoms with van der Waals surface area (Å²) < 4.78 is 0. The van der Waals surface area contributed by atoms with E-state index < -0.39 is 0 Å². The Morgan fingerprint density at radius 2 is 1.58 bits per heavy atom. The lowest BCUT2D eigenvalue weighted by Crippen LogP contribution is -2.48. The van der Waals surface area contributed by atoms with Gasteiger partial charge in [-0.15, -0.1) is 0 Å². The molecule has 1 N–H and O–H groups in total. The van der Waals surface area contributed by atoms with Gasteiger partial charge in [0.25, 0.3) is 11.8 Å². The maximum atomic E-state index is 12.5. The summed E-state index contributed by atoms with van der Waals surface area (Å²) in [7, 11) is 1.60.